The van der Waals surface area contributed by atoms with Gasteiger partial charge in [0.05, 0.1) is 0 Å². The standard InChI is InChI=1S/C18H17NO2/c1-12-7-8-15-13(9-12)10-18(17(20)19(15)2)11-21-16-6-4-3-5-14(16)18/h3-9H,10-11H2,1-2H3. The number of ether oxygens (including phenoxy) is 1. The van der Waals surface area contributed by atoms with Crippen molar-refractivity contribution >= 4 is 11.6 Å². The van der Waals surface area contributed by atoms with E-state index in [9.17, 15) is 4.79 Å². The summed E-state index contributed by atoms with van der Waals surface area (Å²) >= 11 is 0. The number of fused-ring (bicyclic) bond motifs is 3. The third-order valence-electron chi connectivity index (χ3n) is 4.68. The molecule has 3 heteroatoms. The summed E-state index contributed by atoms with van der Waals surface area (Å²) in [5.41, 5.74) is 3.91. The molecular weight excluding hydrogens is 262 g/mol. The van der Waals surface area contributed by atoms with Crippen molar-refractivity contribution < 1.29 is 9.53 Å². The summed E-state index contributed by atoms with van der Waals surface area (Å²) in [6, 6.07) is 14.2. The highest BCUT2D eigenvalue weighted by atomic mass is 16.5. The van der Waals surface area contributed by atoms with E-state index in [0.29, 0.717) is 13.0 Å². The van der Waals surface area contributed by atoms with Crippen LogP contribution in [0.2, 0.25) is 0 Å². The molecule has 2 heterocycles. The first-order valence-corrected chi connectivity index (χ1v) is 7.22. The molecule has 0 saturated heterocycles. The number of para-hydroxylation sites is 1. The number of carbonyl (C=O) groups is 1. The lowest BCUT2D eigenvalue weighted by Crippen LogP contribution is -2.51. The summed E-state index contributed by atoms with van der Waals surface area (Å²) in [6.07, 6.45) is 0.712. The molecule has 0 N–H and O–H groups in total. The van der Waals surface area contributed by atoms with Gasteiger partial charge in [-0.3, -0.25) is 4.79 Å². The summed E-state index contributed by atoms with van der Waals surface area (Å²) < 4.78 is 5.81. The first kappa shape index (κ1) is 12.5. The number of amides is 1. The van der Waals surface area contributed by atoms with Crippen molar-refractivity contribution in [2.75, 3.05) is 18.6 Å². The van der Waals surface area contributed by atoms with E-state index in [2.05, 4.69) is 19.1 Å². The van der Waals surface area contributed by atoms with Crippen LogP contribution in [0, 0.1) is 6.92 Å². The van der Waals surface area contributed by atoms with Crippen molar-refractivity contribution in [2.24, 2.45) is 0 Å². The van der Waals surface area contributed by atoms with Gasteiger partial charge in [-0.2, -0.15) is 0 Å². The van der Waals surface area contributed by atoms with Crippen molar-refractivity contribution in [2.45, 2.75) is 18.8 Å². The Balaban J connectivity index is 1.91. The number of benzene rings is 2. The minimum absolute atomic E-state index is 0.129. The van der Waals surface area contributed by atoms with Gasteiger partial charge in [0.25, 0.3) is 0 Å². The summed E-state index contributed by atoms with van der Waals surface area (Å²) in [7, 11) is 1.86. The van der Waals surface area contributed by atoms with Gasteiger partial charge in [-0.1, -0.05) is 35.9 Å². The van der Waals surface area contributed by atoms with Crippen LogP contribution in [0.15, 0.2) is 42.5 Å². The molecule has 4 rings (SSSR count). The van der Waals surface area contributed by atoms with E-state index in [1.807, 2.05) is 37.4 Å². The fraction of sp³-hybridized carbons (Fsp3) is 0.278. The Morgan fingerprint density at radius 3 is 2.86 bits per heavy atom. The van der Waals surface area contributed by atoms with Crippen molar-refractivity contribution in [3.63, 3.8) is 0 Å². The monoisotopic (exact) mass is 279 g/mol. The van der Waals surface area contributed by atoms with E-state index in [4.69, 9.17) is 4.74 Å². The second kappa shape index (κ2) is 4.10. The Hall–Kier alpha value is -2.29. The zero-order valence-electron chi connectivity index (χ0n) is 12.2. The molecule has 3 nitrogen and oxygen atoms in total. The van der Waals surface area contributed by atoms with E-state index in [1.165, 1.54) is 11.1 Å². The minimum atomic E-state index is -0.563. The van der Waals surface area contributed by atoms with E-state index >= 15 is 0 Å². The Labute approximate surface area is 124 Å². The predicted octanol–water partition coefficient (Wildman–Crippen LogP) is 2.84. The lowest BCUT2D eigenvalue weighted by Gasteiger charge is -2.38. The lowest BCUT2D eigenvalue weighted by molar-refractivity contribution is -0.124. The smallest absolute Gasteiger partial charge is 0.241 e. The molecule has 1 amide bonds. The highest BCUT2D eigenvalue weighted by molar-refractivity contribution is 6.04. The van der Waals surface area contributed by atoms with Gasteiger partial charge >= 0.3 is 0 Å². The van der Waals surface area contributed by atoms with Crippen molar-refractivity contribution in [1.29, 1.82) is 0 Å². The first-order valence-electron chi connectivity index (χ1n) is 7.22. The molecule has 0 bridgehead atoms. The summed E-state index contributed by atoms with van der Waals surface area (Å²) in [4.78, 5) is 14.8. The SMILES string of the molecule is Cc1ccc2c(c1)CC1(COc3ccccc31)C(=O)N2C. The molecule has 2 aromatic rings. The molecular formula is C18H17NO2. The van der Waals surface area contributed by atoms with Gasteiger partial charge in [0.1, 0.15) is 17.8 Å². The van der Waals surface area contributed by atoms with Crippen LogP contribution in [0.4, 0.5) is 5.69 Å². The Kier molecular flexibility index (Phi) is 2.43. The fourth-order valence-corrected chi connectivity index (χ4v) is 3.60. The summed E-state index contributed by atoms with van der Waals surface area (Å²) in [6.45, 7) is 2.52. The summed E-state index contributed by atoms with van der Waals surface area (Å²) in [5.74, 6) is 0.971. The molecule has 2 aliphatic heterocycles. The van der Waals surface area contributed by atoms with E-state index < -0.39 is 5.41 Å². The second-order valence-corrected chi connectivity index (χ2v) is 6.04. The van der Waals surface area contributed by atoms with Gasteiger partial charge in [-0.15, -0.1) is 0 Å². The average Bonchev–Trinajstić information content (AvgIpc) is 2.85. The largest absolute Gasteiger partial charge is 0.492 e. The van der Waals surface area contributed by atoms with E-state index in [-0.39, 0.29) is 5.91 Å². The molecule has 0 aromatic heterocycles. The Bertz CT molecular complexity index is 753. The van der Waals surface area contributed by atoms with E-state index in [1.54, 1.807) is 4.90 Å². The van der Waals surface area contributed by atoms with Crippen LogP contribution in [0.3, 0.4) is 0 Å². The average molecular weight is 279 g/mol. The van der Waals surface area contributed by atoms with Crippen LogP contribution in [0.25, 0.3) is 0 Å². The highest BCUT2D eigenvalue weighted by Crippen LogP contribution is 2.46. The molecule has 21 heavy (non-hydrogen) atoms. The molecule has 1 spiro atoms. The van der Waals surface area contributed by atoms with Gasteiger partial charge in [0.2, 0.25) is 5.91 Å². The normalized spacial score (nSPS) is 23.0. The van der Waals surface area contributed by atoms with Gasteiger partial charge in [0.15, 0.2) is 0 Å². The maximum Gasteiger partial charge on any atom is 0.241 e. The number of anilines is 1. The fourth-order valence-electron chi connectivity index (χ4n) is 3.60. The maximum absolute atomic E-state index is 13.0. The van der Waals surface area contributed by atoms with Gasteiger partial charge in [0, 0.05) is 18.3 Å². The number of carbonyl (C=O) groups excluding carboxylic acids is 1. The van der Waals surface area contributed by atoms with Crippen molar-refractivity contribution in [3.05, 3.63) is 59.2 Å². The molecule has 0 aliphatic carbocycles. The van der Waals surface area contributed by atoms with Crippen LogP contribution in [-0.4, -0.2) is 19.6 Å². The molecule has 0 fully saturated rings. The van der Waals surface area contributed by atoms with Crippen LogP contribution >= 0.6 is 0 Å². The first-order chi connectivity index (χ1) is 10.1. The summed E-state index contributed by atoms with van der Waals surface area (Å²) in [5, 5.41) is 0. The highest BCUT2D eigenvalue weighted by Gasteiger charge is 2.51. The topological polar surface area (TPSA) is 29.5 Å². The Morgan fingerprint density at radius 1 is 1.19 bits per heavy atom. The number of hydrogen-bond acceptors (Lipinski definition) is 2. The number of aryl methyl sites for hydroxylation is 1. The predicted molar refractivity (Wildman–Crippen MR) is 81.9 cm³/mol. The van der Waals surface area contributed by atoms with Gasteiger partial charge in [-0.05, 0) is 31.0 Å². The number of nitrogens with zero attached hydrogens (tertiary/aromatic N) is 1. The maximum atomic E-state index is 13.0. The van der Waals surface area contributed by atoms with Crippen molar-refractivity contribution in [1.82, 2.24) is 0 Å². The molecule has 2 aliphatic rings. The lowest BCUT2D eigenvalue weighted by atomic mass is 9.73. The molecule has 106 valence electrons. The van der Waals surface area contributed by atoms with Gasteiger partial charge in [-0.25, -0.2) is 0 Å². The third-order valence-corrected chi connectivity index (χ3v) is 4.68. The number of likely N-dealkylation sites (N-methyl/N-ethyl adjacent to an activating group) is 1. The van der Waals surface area contributed by atoms with E-state index in [0.717, 1.165) is 17.0 Å². The number of rotatable bonds is 0. The van der Waals surface area contributed by atoms with Crippen LogP contribution in [0.1, 0.15) is 16.7 Å². The van der Waals surface area contributed by atoms with Crippen LogP contribution in [-0.2, 0) is 16.6 Å². The molecule has 0 saturated carbocycles. The minimum Gasteiger partial charge on any atom is -0.492 e. The number of hydrogen-bond donors (Lipinski definition) is 0. The molecule has 0 radical (unpaired) electrons. The zero-order chi connectivity index (χ0) is 14.6. The molecule has 1 unspecified atom stereocenters. The quantitative estimate of drug-likeness (QED) is 0.742. The Morgan fingerprint density at radius 2 is 2.00 bits per heavy atom. The molecule has 2 aromatic carbocycles. The van der Waals surface area contributed by atoms with Crippen LogP contribution < -0.4 is 9.64 Å². The third kappa shape index (κ3) is 1.57. The zero-order valence-corrected chi connectivity index (χ0v) is 12.2. The van der Waals surface area contributed by atoms with Gasteiger partial charge < -0.3 is 9.64 Å². The van der Waals surface area contributed by atoms with Crippen LogP contribution in [0.5, 0.6) is 5.75 Å². The van der Waals surface area contributed by atoms with Crippen molar-refractivity contribution in [3.8, 4) is 5.75 Å². The second-order valence-electron chi connectivity index (χ2n) is 6.04. The molecule has 1 atom stereocenters.